The summed E-state index contributed by atoms with van der Waals surface area (Å²) in [6.07, 6.45) is 0.658. The summed E-state index contributed by atoms with van der Waals surface area (Å²) in [5.41, 5.74) is 0. The Balaban J connectivity index is 1.76. The van der Waals surface area contributed by atoms with E-state index in [1.54, 1.807) is 0 Å². The van der Waals surface area contributed by atoms with E-state index in [0.717, 1.165) is 32.7 Å². The number of likely N-dealkylation sites (tertiary alicyclic amines) is 1. The highest BCUT2D eigenvalue weighted by molar-refractivity contribution is 5.78. The van der Waals surface area contributed by atoms with Crippen LogP contribution in [0.1, 0.15) is 6.42 Å². The van der Waals surface area contributed by atoms with Gasteiger partial charge in [-0.2, -0.15) is 0 Å². The maximum Gasteiger partial charge on any atom is 0.307 e. The predicted molar refractivity (Wildman–Crippen MR) is 66.3 cm³/mol. The number of carboxylic acids is 1. The van der Waals surface area contributed by atoms with Crippen molar-refractivity contribution in [2.24, 2.45) is 5.92 Å². The Bertz CT molecular complexity index is 327. The molecule has 1 N–H and O–H groups in total. The molecule has 0 saturated carbocycles. The molecule has 1 atom stereocenters. The fourth-order valence-corrected chi connectivity index (χ4v) is 2.52. The molecule has 0 bridgehead atoms. The molecule has 2 fully saturated rings. The van der Waals surface area contributed by atoms with Gasteiger partial charge in [0.15, 0.2) is 0 Å². The third-order valence-electron chi connectivity index (χ3n) is 3.84. The number of aliphatic carboxylic acids is 1. The zero-order valence-electron chi connectivity index (χ0n) is 10.8. The van der Waals surface area contributed by atoms with Crippen molar-refractivity contribution in [3.05, 3.63) is 0 Å². The van der Waals surface area contributed by atoms with E-state index in [-0.39, 0.29) is 11.8 Å². The lowest BCUT2D eigenvalue weighted by Gasteiger charge is -2.33. The Morgan fingerprint density at radius 1 is 1.17 bits per heavy atom. The highest BCUT2D eigenvalue weighted by Crippen LogP contribution is 2.16. The van der Waals surface area contributed by atoms with Crippen molar-refractivity contribution in [3.8, 4) is 0 Å². The Labute approximate surface area is 107 Å². The molecule has 102 valence electrons. The molecular formula is C12H21N3O3. The standard InChI is InChI=1S/C12H21N3O3/c1-13-4-6-15(7-5-13)11(16)9-14-3-2-10(8-14)12(17)18/h10H,2-9H2,1H3,(H,17,18). The van der Waals surface area contributed by atoms with Crippen molar-refractivity contribution in [2.75, 3.05) is 52.9 Å². The van der Waals surface area contributed by atoms with Gasteiger partial charge in [-0.1, -0.05) is 0 Å². The zero-order valence-corrected chi connectivity index (χ0v) is 10.8. The summed E-state index contributed by atoms with van der Waals surface area (Å²) in [5.74, 6) is -0.913. The normalized spacial score (nSPS) is 26.5. The average molecular weight is 255 g/mol. The van der Waals surface area contributed by atoms with Gasteiger partial charge in [-0.25, -0.2) is 0 Å². The van der Waals surface area contributed by atoms with Crippen LogP contribution in [0.2, 0.25) is 0 Å². The smallest absolute Gasteiger partial charge is 0.307 e. The summed E-state index contributed by atoms with van der Waals surface area (Å²) in [5, 5.41) is 8.92. The second-order valence-corrected chi connectivity index (χ2v) is 5.24. The number of piperazine rings is 1. The van der Waals surface area contributed by atoms with Crippen LogP contribution in [-0.2, 0) is 9.59 Å². The second-order valence-electron chi connectivity index (χ2n) is 5.24. The second kappa shape index (κ2) is 5.67. The molecule has 0 aromatic heterocycles. The van der Waals surface area contributed by atoms with Gasteiger partial charge < -0.3 is 14.9 Å². The van der Waals surface area contributed by atoms with E-state index >= 15 is 0 Å². The van der Waals surface area contributed by atoms with Gasteiger partial charge in [0.2, 0.25) is 5.91 Å². The summed E-state index contributed by atoms with van der Waals surface area (Å²) >= 11 is 0. The topological polar surface area (TPSA) is 64.1 Å². The summed E-state index contributed by atoms with van der Waals surface area (Å²) in [6.45, 7) is 5.00. The molecule has 1 amide bonds. The van der Waals surface area contributed by atoms with Gasteiger partial charge in [0.05, 0.1) is 12.5 Å². The number of amides is 1. The maximum atomic E-state index is 12.1. The van der Waals surface area contributed by atoms with E-state index in [2.05, 4.69) is 11.9 Å². The number of carbonyl (C=O) groups is 2. The number of likely N-dealkylation sites (N-methyl/N-ethyl adjacent to an activating group) is 1. The Morgan fingerprint density at radius 2 is 1.83 bits per heavy atom. The van der Waals surface area contributed by atoms with Crippen LogP contribution >= 0.6 is 0 Å². The largest absolute Gasteiger partial charge is 0.481 e. The summed E-state index contributed by atoms with van der Waals surface area (Å²) in [7, 11) is 2.06. The first-order valence-corrected chi connectivity index (χ1v) is 6.47. The van der Waals surface area contributed by atoms with Gasteiger partial charge in [-0.15, -0.1) is 0 Å². The minimum absolute atomic E-state index is 0.133. The van der Waals surface area contributed by atoms with Crippen molar-refractivity contribution in [1.82, 2.24) is 14.7 Å². The van der Waals surface area contributed by atoms with E-state index < -0.39 is 5.97 Å². The van der Waals surface area contributed by atoms with Gasteiger partial charge in [-0.3, -0.25) is 14.5 Å². The van der Waals surface area contributed by atoms with Crippen LogP contribution in [-0.4, -0.2) is 84.5 Å². The first-order valence-electron chi connectivity index (χ1n) is 6.47. The molecular weight excluding hydrogens is 234 g/mol. The maximum absolute atomic E-state index is 12.1. The molecule has 0 aromatic rings. The lowest BCUT2D eigenvalue weighted by Crippen LogP contribution is -2.49. The molecule has 2 aliphatic heterocycles. The van der Waals surface area contributed by atoms with Crippen LogP contribution in [0.3, 0.4) is 0 Å². The number of nitrogens with zero attached hydrogens (tertiary/aromatic N) is 3. The fourth-order valence-electron chi connectivity index (χ4n) is 2.52. The molecule has 2 rings (SSSR count). The molecule has 2 heterocycles. The van der Waals surface area contributed by atoms with Crippen molar-refractivity contribution in [2.45, 2.75) is 6.42 Å². The molecule has 6 nitrogen and oxygen atoms in total. The highest BCUT2D eigenvalue weighted by atomic mass is 16.4. The molecule has 0 radical (unpaired) electrons. The van der Waals surface area contributed by atoms with Crippen molar-refractivity contribution < 1.29 is 14.7 Å². The molecule has 6 heteroatoms. The first-order chi connectivity index (χ1) is 8.56. The van der Waals surface area contributed by atoms with E-state index in [4.69, 9.17) is 5.11 Å². The summed E-state index contributed by atoms with van der Waals surface area (Å²) in [4.78, 5) is 28.9. The van der Waals surface area contributed by atoms with Crippen molar-refractivity contribution in [3.63, 3.8) is 0 Å². The Morgan fingerprint density at radius 3 is 2.39 bits per heavy atom. The minimum atomic E-state index is -0.746. The van der Waals surface area contributed by atoms with Crippen LogP contribution in [0.4, 0.5) is 0 Å². The lowest BCUT2D eigenvalue weighted by atomic mass is 10.1. The molecule has 0 spiro atoms. The van der Waals surface area contributed by atoms with E-state index in [1.807, 2.05) is 9.80 Å². The highest BCUT2D eigenvalue weighted by Gasteiger charge is 2.30. The monoisotopic (exact) mass is 255 g/mol. The van der Waals surface area contributed by atoms with Gasteiger partial charge in [-0.05, 0) is 20.0 Å². The van der Waals surface area contributed by atoms with Crippen molar-refractivity contribution >= 4 is 11.9 Å². The van der Waals surface area contributed by atoms with Crippen LogP contribution < -0.4 is 0 Å². The Kier molecular flexibility index (Phi) is 4.19. The van der Waals surface area contributed by atoms with Crippen LogP contribution in [0.15, 0.2) is 0 Å². The number of hydrogen-bond acceptors (Lipinski definition) is 4. The molecule has 0 aromatic carbocycles. The van der Waals surface area contributed by atoms with Gasteiger partial charge in [0, 0.05) is 32.7 Å². The molecule has 18 heavy (non-hydrogen) atoms. The number of rotatable bonds is 3. The van der Waals surface area contributed by atoms with Gasteiger partial charge in [0.1, 0.15) is 0 Å². The minimum Gasteiger partial charge on any atom is -0.481 e. The molecule has 1 unspecified atom stereocenters. The quantitative estimate of drug-likeness (QED) is 0.713. The number of carboxylic acid groups (broad SMARTS) is 1. The molecule has 0 aliphatic carbocycles. The van der Waals surface area contributed by atoms with Crippen molar-refractivity contribution in [1.29, 1.82) is 0 Å². The van der Waals surface area contributed by atoms with E-state index in [9.17, 15) is 9.59 Å². The molecule has 2 saturated heterocycles. The fraction of sp³-hybridized carbons (Fsp3) is 0.833. The SMILES string of the molecule is CN1CCN(C(=O)CN2CCC(C(=O)O)C2)CC1. The Hall–Kier alpha value is -1.14. The summed E-state index contributed by atoms with van der Waals surface area (Å²) in [6, 6.07) is 0. The first kappa shape index (κ1) is 13.3. The van der Waals surface area contributed by atoms with E-state index in [1.165, 1.54) is 0 Å². The van der Waals surface area contributed by atoms with Crippen LogP contribution in [0.5, 0.6) is 0 Å². The van der Waals surface area contributed by atoms with Gasteiger partial charge >= 0.3 is 5.97 Å². The third kappa shape index (κ3) is 3.20. The third-order valence-corrected chi connectivity index (χ3v) is 3.84. The molecule has 2 aliphatic rings. The van der Waals surface area contributed by atoms with E-state index in [0.29, 0.717) is 19.5 Å². The lowest BCUT2D eigenvalue weighted by molar-refractivity contribution is -0.141. The van der Waals surface area contributed by atoms with Gasteiger partial charge in [0.25, 0.3) is 0 Å². The zero-order chi connectivity index (χ0) is 13.1. The number of carbonyl (C=O) groups excluding carboxylic acids is 1. The van der Waals surface area contributed by atoms with Crippen LogP contribution in [0, 0.1) is 5.92 Å². The average Bonchev–Trinajstić information content (AvgIpc) is 2.78. The predicted octanol–water partition coefficient (Wildman–Crippen LogP) is -0.833. The van der Waals surface area contributed by atoms with Crippen LogP contribution in [0.25, 0.3) is 0 Å². The number of hydrogen-bond donors (Lipinski definition) is 1. The summed E-state index contributed by atoms with van der Waals surface area (Å²) < 4.78 is 0.